The normalized spacial score (nSPS) is 9.80. The topological polar surface area (TPSA) is 113 Å². The van der Waals surface area contributed by atoms with Crippen LogP contribution in [0, 0.1) is 0 Å². The van der Waals surface area contributed by atoms with Crippen LogP contribution in [-0.2, 0) is 16.0 Å². The fourth-order valence-electron chi connectivity index (χ4n) is 1.62. The van der Waals surface area contributed by atoms with E-state index in [1.165, 1.54) is 0 Å². The van der Waals surface area contributed by atoms with Gasteiger partial charge in [-0.2, -0.15) is 0 Å². The minimum atomic E-state index is -1.20. The van der Waals surface area contributed by atoms with Gasteiger partial charge in [0.15, 0.2) is 0 Å². The third kappa shape index (κ3) is 5.85. The molecule has 0 aliphatic rings. The number of carbonyl (C=O) groups excluding carboxylic acids is 2. The Morgan fingerprint density at radius 2 is 1.80 bits per heavy atom. The molecule has 0 bridgehead atoms. The van der Waals surface area contributed by atoms with Gasteiger partial charge in [-0.15, -0.1) is 0 Å². The zero-order chi connectivity index (χ0) is 15.0. The number of aliphatic carboxylic acids is 1. The molecular formula is C13H17N3O4. The number of amides is 3. The average molecular weight is 279 g/mol. The molecule has 0 unspecified atom stereocenters. The number of nitrogens with two attached hydrogens (primary N) is 1. The highest BCUT2D eigenvalue weighted by Gasteiger charge is 2.18. The van der Waals surface area contributed by atoms with Crippen LogP contribution in [0.3, 0.4) is 0 Å². The summed E-state index contributed by atoms with van der Waals surface area (Å²) in [5, 5.41) is 11.2. The van der Waals surface area contributed by atoms with Gasteiger partial charge in [0.25, 0.3) is 0 Å². The molecule has 1 aromatic rings. The van der Waals surface area contributed by atoms with Crippen LogP contribution in [-0.4, -0.2) is 47.5 Å². The molecule has 0 fully saturated rings. The number of carboxylic acid groups (broad SMARTS) is 1. The van der Waals surface area contributed by atoms with E-state index < -0.39 is 31.0 Å². The van der Waals surface area contributed by atoms with Gasteiger partial charge in [0.2, 0.25) is 5.91 Å². The van der Waals surface area contributed by atoms with Crippen LogP contribution in [0.4, 0.5) is 4.79 Å². The predicted octanol–water partition coefficient (Wildman–Crippen LogP) is -0.189. The Hall–Kier alpha value is -2.57. The van der Waals surface area contributed by atoms with Crippen molar-refractivity contribution in [3.8, 4) is 0 Å². The fourth-order valence-corrected chi connectivity index (χ4v) is 1.62. The summed E-state index contributed by atoms with van der Waals surface area (Å²) in [5.41, 5.74) is 6.02. The highest BCUT2D eigenvalue weighted by molar-refractivity contribution is 5.85. The number of primary amides is 1. The minimum Gasteiger partial charge on any atom is -0.480 e. The average Bonchev–Trinajstić information content (AvgIpc) is 2.38. The highest BCUT2D eigenvalue weighted by Crippen LogP contribution is 1.98. The molecule has 108 valence electrons. The van der Waals surface area contributed by atoms with Gasteiger partial charge in [-0.3, -0.25) is 9.59 Å². The van der Waals surface area contributed by atoms with Gasteiger partial charge < -0.3 is 21.1 Å². The van der Waals surface area contributed by atoms with E-state index >= 15 is 0 Å². The summed E-state index contributed by atoms with van der Waals surface area (Å²) >= 11 is 0. The van der Waals surface area contributed by atoms with E-state index in [-0.39, 0.29) is 0 Å². The zero-order valence-corrected chi connectivity index (χ0v) is 10.9. The largest absolute Gasteiger partial charge is 0.480 e. The second-order valence-electron chi connectivity index (χ2n) is 4.18. The van der Waals surface area contributed by atoms with Crippen molar-refractivity contribution in [2.75, 3.05) is 19.6 Å². The Kier molecular flexibility index (Phi) is 6.02. The van der Waals surface area contributed by atoms with E-state index in [1.54, 1.807) is 0 Å². The molecule has 7 heteroatoms. The van der Waals surface area contributed by atoms with E-state index in [9.17, 15) is 14.4 Å². The molecule has 0 aliphatic heterocycles. The third-order valence-electron chi connectivity index (χ3n) is 2.49. The quantitative estimate of drug-likeness (QED) is 0.642. The molecule has 7 nitrogen and oxygen atoms in total. The fraction of sp³-hybridized carbons (Fsp3) is 0.308. The van der Waals surface area contributed by atoms with Crippen LogP contribution in [0.5, 0.6) is 0 Å². The maximum absolute atomic E-state index is 11.7. The van der Waals surface area contributed by atoms with Crippen LogP contribution < -0.4 is 11.1 Å². The van der Waals surface area contributed by atoms with Crippen LogP contribution in [0.25, 0.3) is 0 Å². The molecule has 0 saturated heterocycles. The van der Waals surface area contributed by atoms with Crippen LogP contribution in [0.15, 0.2) is 30.3 Å². The Morgan fingerprint density at radius 1 is 1.15 bits per heavy atom. The Labute approximate surface area is 116 Å². The van der Waals surface area contributed by atoms with Gasteiger partial charge >= 0.3 is 12.0 Å². The smallest absolute Gasteiger partial charge is 0.323 e. The van der Waals surface area contributed by atoms with Gasteiger partial charge in [-0.25, -0.2) is 4.79 Å². The lowest BCUT2D eigenvalue weighted by Crippen LogP contribution is -2.47. The summed E-state index contributed by atoms with van der Waals surface area (Å²) in [6.07, 6.45) is 0.615. The van der Waals surface area contributed by atoms with Crippen LogP contribution in [0.1, 0.15) is 5.56 Å². The molecule has 1 aromatic carbocycles. The van der Waals surface area contributed by atoms with Crippen molar-refractivity contribution in [1.82, 2.24) is 10.2 Å². The molecule has 3 amide bonds. The number of rotatable bonds is 7. The van der Waals surface area contributed by atoms with Gasteiger partial charge in [0.1, 0.15) is 13.1 Å². The van der Waals surface area contributed by atoms with E-state index in [2.05, 4.69) is 5.32 Å². The molecule has 4 N–H and O–H groups in total. The first-order chi connectivity index (χ1) is 9.49. The lowest BCUT2D eigenvalue weighted by atomic mass is 10.1. The number of urea groups is 1. The maximum atomic E-state index is 11.7. The van der Waals surface area contributed by atoms with Gasteiger partial charge in [0.05, 0.1) is 0 Å². The summed E-state index contributed by atoms with van der Waals surface area (Å²) in [6.45, 7) is -0.651. The third-order valence-corrected chi connectivity index (χ3v) is 2.49. The molecule has 0 saturated carbocycles. The van der Waals surface area contributed by atoms with Gasteiger partial charge in [0, 0.05) is 6.54 Å². The first kappa shape index (κ1) is 15.5. The number of carboxylic acids is 1. The van der Waals surface area contributed by atoms with Gasteiger partial charge in [-0.05, 0) is 12.0 Å². The van der Waals surface area contributed by atoms with Crippen molar-refractivity contribution in [2.24, 2.45) is 5.73 Å². The number of hydrogen-bond acceptors (Lipinski definition) is 3. The molecule has 0 radical (unpaired) electrons. The van der Waals surface area contributed by atoms with Crippen molar-refractivity contribution >= 4 is 17.9 Å². The van der Waals surface area contributed by atoms with Crippen molar-refractivity contribution < 1.29 is 19.5 Å². The molecule has 20 heavy (non-hydrogen) atoms. The van der Waals surface area contributed by atoms with E-state index in [1.807, 2.05) is 30.3 Å². The summed E-state index contributed by atoms with van der Waals surface area (Å²) in [6, 6.07) is 8.89. The lowest BCUT2D eigenvalue weighted by Gasteiger charge is -2.19. The first-order valence-electron chi connectivity index (χ1n) is 6.06. The summed E-state index contributed by atoms with van der Waals surface area (Å²) < 4.78 is 0. The van der Waals surface area contributed by atoms with Crippen molar-refractivity contribution in [3.05, 3.63) is 35.9 Å². The van der Waals surface area contributed by atoms with Crippen molar-refractivity contribution in [3.63, 3.8) is 0 Å². The number of hydrogen-bond donors (Lipinski definition) is 3. The number of nitrogens with zero attached hydrogens (tertiary/aromatic N) is 1. The highest BCUT2D eigenvalue weighted by atomic mass is 16.4. The number of nitrogens with one attached hydrogen (secondary N) is 1. The SMILES string of the molecule is NC(=O)CN(CC(=O)O)C(=O)NCCc1ccccc1. The summed E-state index contributed by atoms with van der Waals surface area (Å²) in [5.74, 6) is -1.96. The number of benzene rings is 1. The molecular weight excluding hydrogens is 262 g/mol. The molecule has 0 heterocycles. The second kappa shape index (κ2) is 7.78. The van der Waals surface area contributed by atoms with Crippen LogP contribution >= 0.6 is 0 Å². The van der Waals surface area contributed by atoms with Crippen molar-refractivity contribution in [2.45, 2.75) is 6.42 Å². The standard InChI is InChI=1S/C13H17N3O4/c14-11(17)8-16(9-12(18)19)13(20)15-7-6-10-4-2-1-3-5-10/h1-5H,6-9H2,(H2,14,17)(H,15,20)(H,18,19). The van der Waals surface area contributed by atoms with E-state index in [0.717, 1.165) is 10.5 Å². The Balaban J connectivity index is 2.45. The summed E-state index contributed by atoms with van der Waals surface area (Å²) in [4.78, 5) is 34.0. The maximum Gasteiger partial charge on any atom is 0.323 e. The second-order valence-corrected chi connectivity index (χ2v) is 4.18. The molecule has 1 rings (SSSR count). The Bertz CT molecular complexity index is 460. The van der Waals surface area contributed by atoms with Gasteiger partial charge in [-0.1, -0.05) is 30.3 Å². The molecule has 0 atom stereocenters. The van der Waals surface area contributed by atoms with Crippen molar-refractivity contribution in [1.29, 1.82) is 0 Å². The predicted molar refractivity (Wildman–Crippen MR) is 71.9 cm³/mol. The molecule has 0 aromatic heterocycles. The van der Waals surface area contributed by atoms with E-state index in [0.29, 0.717) is 13.0 Å². The molecule has 0 aliphatic carbocycles. The number of carbonyl (C=O) groups is 3. The lowest BCUT2D eigenvalue weighted by molar-refractivity contribution is -0.137. The zero-order valence-electron chi connectivity index (χ0n) is 10.9. The Morgan fingerprint density at radius 3 is 2.35 bits per heavy atom. The minimum absolute atomic E-state index is 0.345. The molecule has 0 spiro atoms. The monoisotopic (exact) mass is 279 g/mol. The van der Waals surface area contributed by atoms with Crippen LogP contribution in [0.2, 0.25) is 0 Å². The first-order valence-corrected chi connectivity index (χ1v) is 6.06. The summed E-state index contributed by atoms with van der Waals surface area (Å²) in [7, 11) is 0. The van der Waals surface area contributed by atoms with E-state index in [4.69, 9.17) is 10.8 Å².